The summed E-state index contributed by atoms with van der Waals surface area (Å²) < 4.78 is 13.8. The molecule has 0 saturated carbocycles. The number of aliphatic hydroxyl groups is 1. The number of fused-ring (bicyclic) bond motifs is 1. The summed E-state index contributed by atoms with van der Waals surface area (Å²) in [7, 11) is 0. The summed E-state index contributed by atoms with van der Waals surface area (Å²) in [6.45, 7) is -0.102. The molecule has 26 heavy (non-hydrogen) atoms. The number of halogens is 2. The fourth-order valence-corrected chi connectivity index (χ4v) is 3.85. The van der Waals surface area contributed by atoms with Crippen molar-refractivity contribution in [1.29, 1.82) is 0 Å². The monoisotopic (exact) mass is 394 g/mol. The van der Waals surface area contributed by atoms with Gasteiger partial charge in [-0.25, -0.2) is 4.39 Å². The van der Waals surface area contributed by atoms with E-state index in [1.807, 2.05) is 0 Å². The summed E-state index contributed by atoms with van der Waals surface area (Å²) in [5, 5.41) is 24.1. The predicted octanol–water partition coefficient (Wildman–Crippen LogP) is 4.07. The van der Waals surface area contributed by atoms with E-state index in [4.69, 9.17) is 11.6 Å². The molecule has 0 radical (unpaired) electrons. The van der Waals surface area contributed by atoms with E-state index in [1.165, 1.54) is 42.5 Å². The number of thiophene rings is 1. The zero-order valence-electron chi connectivity index (χ0n) is 13.1. The minimum Gasteiger partial charge on any atom is -0.387 e. The highest BCUT2D eigenvalue weighted by Crippen LogP contribution is 2.35. The van der Waals surface area contributed by atoms with E-state index in [0.717, 1.165) is 11.3 Å². The second-order valence-electron chi connectivity index (χ2n) is 5.46. The molecule has 0 fully saturated rings. The van der Waals surface area contributed by atoms with Gasteiger partial charge in [0.25, 0.3) is 11.6 Å². The second-order valence-corrected chi connectivity index (χ2v) is 6.89. The van der Waals surface area contributed by atoms with Gasteiger partial charge in [-0.05, 0) is 35.9 Å². The summed E-state index contributed by atoms with van der Waals surface area (Å²) in [5.41, 5.74) is 0.342. The lowest BCUT2D eigenvalue weighted by Gasteiger charge is -2.11. The van der Waals surface area contributed by atoms with Crippen LogP contribution in [0.4, 0.5) is 10.1 Å². The first-order valence-corrected chi connectivity index (χ1v) is 8.64. The Balaban J connectivity index is 1.70. The fraction of sp³-hybridized carbons (Fsp3) is 0.118. The normalized spacial score (nSPS) is 12.1. The number of amides is 1. The number of nitrogens with one attached hydrogen (secondary N) is 1. The first-order chi connectivity index (χ1) is 12.4. The lowest BCUT2D eigenvalue weighted by Crippen LogP contribution is -2.27. The molecule has 1 heterocycles. The topological polar surface area (TPSA) is 92.5 Å². The number of benzene rings is 2. The molecule has 0 saturated heterocycles. The molecule has 0 aliphatic heterocycles. The quantitative estimate of drug-likeness (QED) is 0.504. The van der Waals surface area contributed by atoms with E-state index in [2.05, 4.69) is 5.32 Å². The molecule has 0 spiro atoms. The van der Waals surface area contributed by atoms with Crippen molar-refractivity contribution >= 4 is 44.6 Å². The summed E-state index contributed by atoms with van der Waals surface area (Å²) in [6.07, 6.45) is -1.04. The number of carbonyl (C=O) groups is 1. The maximum Gasteiger partial charge on any atom is 0.269 e. The third-order valence-corrected chi connectivity index (χ3v) is 5.40. The molecule has 9 heteroatoms. The highest BCUT2D eigenvalue weighted by molar-refractivity contribution is 7.21. The zero-order chi connectivity index (χ0) is 18.8. The second kappa shape index (κ2) is 7.36. The molecule has 0 aliphatic rings. The van der Waals surface area contributed by atoms with Gasteiger partial charge in [-0.1, -0.05) is 11.6 Å². The van der Waals surface area contributed by atoms with Crippen LogP contribution in [0.1, 0.15) is 21.3 Å². The first-order valence-electron chi connectivity index (χ1n) is 7.45. The van der Waals surface area contributed by atoms with Crippen molar-refractivity contribution in [2.75, 3.05) is 6.54 Å². The van der Waals surface area contributed by atoms with Crippen LogP contribution < -0.4 is 5.32 Å². The molecule has 2 N–H and O–H groups in total. The molecule has 0 bridgehead atoms. The van der Waals surface area contributed by atoms with Crippen molar-refractivity contribution in [1.82, 2.24) is 5.32 Å². The lowest BCUT2D eigenvalue weighted by molar-refractivity contribution is -0.384. The Morgan fingerprint density at radius 1 is 1.31 bits per heavy atom. The lowest BCUT2D eigenvalue weighted by atomic mass is 10.1. The molecular weight excluding hydrogens is 383 g/mol. The van der Waals surface area contributed by atoms with E-state index in [-0.39, 0.29) is 22.1 Å². The number of non-ortho nitro benzene ring substituents is 1. The molecule has 134 valence electrons. The number of rotatable bonds is 5. The van der Waals surface area contributed by atoms with E-state index in [1.54, 1.807) is 0 Å². The molecule has 0 aliphatic carbocycles. The molecular formula is C17H12ClFN2O4S. The number of aliphatic hydroxyl groups excluding tert-OH is 1. The number of nitro benzene ring substituents is 1. The van der Waals surface area contributed by atoms with Crippen molar-refractivity contribution < 1.29 is 19.2 Å². The Labute approximate surface area is 156 Å². The smallest absolute Gasteiger partial charge is 0.269 e. The van der Waals surface area contributed by atoms with Gasteiger partial charge >= 0.3 is 0 Å². The van der Waals surface area contributed by atoms with Crippen LogP contribution in [0.25, 0.3) is 10.1 Å². The Morgan fingerprint density at radius 3 is 2.65 bits per heavy atom. The van der Waals surface area contributed by atoms with Crippen molar-refractivity contribution in [3.05, 3.63) is 73.9 Å². The van der Waals surface area contributed by atoms with Crippen molar-refractivity contribution in [2.24, 2.45) is 0 Å². The summed E-state index contributed by atoms with van der Waals surface area (Å²) in [6, 6.07) is 9.46. The van der Waals surface area contributed by atoms with E-state index < -0.39 is 22.8 Å². The molecule has 2 aromatic carbocycles. The summed E-state index contributed by atoms with van der Waals surface area (Å²) in [5.74, 6) is -0.909. The van der Waals surface area contributed by atoms with Crippen LogP contribution in [-0.2, 0) is 0 Å². The number of hydrogen-bond donors (Lipinski definition) is 2. The summed E-state index contributed by atoms with van der Waals surface area (Å²) >= 11 is 7.24. The maximum atomic E-state index is 13.3. The minimum atomic E-state index is -1.04. The highest BCUT2D eigenvalue weighted by Gasteiger charge is 2.19. The number of carbonyl (C=O) groups excluding carboxylic acids is 1. The van der Waals surface area contributed by atoms with Crippen LogP contribution >= 0.6 is 22.9 Å². The zero-order valence-corrected chi connectivity index (χ0v) is 14.7. The highest BCUT2D eigenvalue weighted by atomic mass is 35.5. The van der Waals surface area contributed by atoms with E-state index in [0.29, 0.717) is 15.6 Å². The minimum absolute atomic E-state index is 0.0886. The van der Waals surface area contributed by atoms with Crippen LogP contribution in [0.5, 0.6) is 0 Å². The third-order valence-electron chi connectivity index (χ3n) is 3.74. The maximum absolute atomic E-state index is 13.3. The number of nitro groups is 1. The molecule has 1 atom stereocenters. The van der Waals surface area contributed by atoms with Gasteiger partial charge in [0.05, 0.1) is 16.0 Å². The molecule has 1 amide bonds. The van der Waals surface area contributed by atoms with Crippen LogP contribution in [0.3, 0.4) is 0 Å². The number of nitrogens with zero attached hydrogens (tertiary/aromatic N) is 1. The molecule has 3 aromatic rings. The van der Waals surface area contributed by atoms with Gasteiger partial charge in [0.1, 0.15) is 10.7 Å². The Morgan fingerprint density at radius 2 is 2.00 bits per heavy atom. The van der Waals surface area contributed by atoms with Gasteiger partial charge in [0.2, 0.25) is 0 Å². The fourth-order valence-electron chi connectivity index (χ4n) is 2.39. The van der Waals surface area contributed by atoms with Gasteiger partial charge in [0.15, 0.2) is 0 Å². The van der Waals surface area contributed by atoms with Crippen LogP contribution in [0.15, 0.2) is 42.5 Å². The Hall–Kier alpha value is -2.55. The van der Waals surface area contributed by atoms with Gasteiger partial charge < -0.3 is 10.4 Å². The van der Waals surface area contributed by atoms with Crippen molar-refractivity contribution in [3.63, 3.8) is 0 Å². The van der Waals surface area contributed by atoms with Gasteiger partial charge in [-0.3, -0.25) is 14.9 Å². The predicted molar refractivity (Wildman–Crippen MR) is 97.2 cm³/mol. The molecule has 1 unspecified atom stereocenters. The summed E-state index contributed by atoms with van der Waals surface area (Å²) in [4.78, 5) is 22.6. The van der Waals surface area contributed by atoms with E-state index >= 15 is 0 Å². The first kappa shape index (κ1) is 18.2. The van der Waals surface area contributed by atoms with Gasteiger partial charge in [-0.2, -0.15) is 0 Å². The van der Waals surface area contributed by atoms with Crippen molar-refractivity contribution in [3.8, 4) is 0 Å². The van der Waals surface area contributed by atoms with Crippen LogP contribution in [0, 0.1) is 15.9 Å². The molecule has 3 rings (SSSR count). The van der Waals surface area contributed by atoms with Gasteiger partial charge in [0, 0.05) is 28.8 Å². The van der Waals surface area contributed by atoms with E-state index in [9.17, 15) is 24.4 Å². The van der Waals surface area contributed by atoms with Crippen molar-refractivity contribution in [2.45, 2.75) is 6.10 Å². The SMILES string of the molecule is O=C(NCC(O)c1ccc([N+](=O)[O-])cc1)c1sc2cc(F)ccc2c1Cl. The largest absolute Gasteiger partial charge is 0.387 e. The standard InChI is InChI=1S/C17H12ClFN2O4S/c18-15-12-6-3-10(19)7-14(12)26-16(15)17(23)20-8-13(22)9-1-4-11(5-2-9)21(24)25/h1-7,13,22H,8H2,(H,20,23). The van der Waals surface area contributed by atoms with Crippen LogP contribution in [0.2, 0.25) is 5.02 Å². The Kier molecular flexibility index (Phi) is 5.17. The average molecular weight is 395 g/mol. The van der Waals surface area contributed by atoms with Crippen LogP contribution in [-0.4, -0.2) is 22.5 Å². The third kappa shape index (κ3) is 3.67. The molecule has 1 aromatic heterocycles. The number of hydrogen-bond acceptors (Lipinski definition) is 5. The Bertz CT molecular complexity index is 990. The van der Waals surface area contributed by atoms with Gasteiger partial charge in [-0.15, -0.1) is 11.3 Å². The average Bonchev–Trinajstić information content (AvgIpc) is 2.95. The molecule has 6 nitrogen and oxygen atoms in total.